The molecule has 0 aliphatic rings. The summed E-state index contributed by atoms with van der Waals surface area (Å²) in [6, 6.07) is 8.39. The molecule has 3 aromatic rings. The highest BCUT2D eigenvalue weighted by Gasteiger charge is 2.14. The van der Waals surface area contributed by atoms with Crippen LogP contribution in [-0.4, -0.2) is 15.1 Å². The highest BCUT2D eigenvalue weighted by molar-refractivity contribution is 5.96. The number of non-ortho nitro benzene ring substituents is 1. The first-order valence-corrected chi connectivity index (χ1v) is 5.91. The van der Waals surface area contributed by atoms with Gasteiger partial charge in [-0.1, -0.05) is 17.3 Å². The van der Waals surface area contributed by atoms with Gasteiger partial charge in [-0.05, 0) is 6.07 Å². The van der Waals surface area contributed by atoms with Crippen molar-refractivity contribution in [2.75, 3.05) is 5.32 Å². The molecule has 1 aromatic carbocycles. The van der Waals surface area contributed by atoms with Crippen molar-refractivity contribution in [2.24, 2.45) is 0 Å². The van der Waals surface area contributed by atoms with E-state index < -0.39 is 4.92 Å². The quantitative estimate of drug-likeness (QED) is 0.578. The minimum absolute atomic E-state index is 0.00850. The standard InChI is InChI=1S/C13H10N4O3/c18-17(19)12-3-1-2-10-11(5-6-14-13(10)12)15-8-9-4-7-16-20-9/h1-7H,8H2,(H,14,15). The van der Waals surface area contributed by atoms with Crippen molar-refractivity contribution in [1.82, 2.24) is 10.1 Å². The highest BCUT2D eigenvalue weighted by atomic mass is 16.6. The Morgan fingerprint density at radius 2 is 2.15 bits per heavy atom. The van der Waals surface area contributed by atoms with Gasteiger partial charge in [-0.25, -0.2) is 4.98 Å². The van der Waals surface area contributed by atoms with Gasteiger partial charge in [-0.15, -0.1) is 0 Å². The van der Waals surface area contributed by atoms with Crippen molar-refractivity contribution in [3.8, 4) is 0 Å². The van der Waals surface area contributed by atoms with E-state index in [1.165, 1.54) is 12.3 Å². The Balaban J connectivity index is 1.99. The number of nitro benzene ring substituents is 1. The fourth-order valence-electron chi connectivity index (χ4n) is 1.98. The Bertz CT molecular complexity index is 755. The average Bonchev–Trinajstić information content (AvgIpc) is 2.97. The zero-order chi connectivity index (χ0) is 13.9. The molecule has 1 N–H and O–H groups in total. The van der Waals surface area contributed by atoms with Gasteiger partial charge < -0.3 is 9.84 Å². The maximum atomic E-state index is 11.0. The van der Waals surface area contributed by atoms with E-state index in [0.717, 1.165) is 5.69 Å². The summed E-state index contributed by atoms with van der Waals surface area (Å²) in [5.74, 6) is 0.681. The minimum Gasteiger partial charge on any atom is -0.377 e. The second kappa shape index (κ2) is 4.96. The van der Waals surface area contributed by atoms with Gasteiger partial charge in [0.2, 0.25) is 0 Å². The van der Waals surface area contributed by atoms with Crippen LogP contribution in [0.15, 0.2) is 47.2 Å². The molecule has 0 saturated carbocycles. The maximum absolute atomic E-state index is 11.0. The van der Waals surface area contributed by atoms with Crippen LogP contribution in [-0.2, 0) is 6.54 Å². The molecule has 0 radical (unpaired) electrons. The van der Waals surface area contributed by atoms with Crippen molar-refractivity contribution in [3.05, 3.63) is 58.6 Å². The fourth-order valence-corrected chi connectivity index (χ4v) is 1.98. The Morgan fingerprint density at radius 1 is 1.25 bits per heavy atom. The zero-order valence-corrected chi connectivity index (χ0v) is 10.3. The number of pyridine rings is 1. The Labute approximate surface area is 113 Å². The number of rotatable bonds is 4. The Morgan fingerprint density at radius 3 is 2.90 bits per heavy atom. The van der Waals surface area contributed by atoms with Crippen LogP contribution in [0.1, 0.15) is 5.76 Å². The van der Waals surface area contributed by atoms with E-state index in [-0.39, 0.29) is 5.69 Å². The number of anilines is 1. The number of fused-ring (bicyclic) bond motifs is 1. The van der Waals surface area contributed by atoms with E-state index in [1.807, 2.05) is 0 Å². The molecular formula is C13H10N4O3. The predicted octanol–water partition coefficient (Wildman–Crippen LogP) is 2.74. The van der Waals surface area contributed by atoms with Gasteiger partial charge in [0.05, 0.1) is 17.7 Å². The van der Waals surface area contributed by atoms with Crippen molar-refractivity contribution >= 4 is 22.3 Å². The summed E-state index contributed by atoms with van der Waals surface area (Å²) in [7, 11) is 0. The molecule has 0 atom stereocenters. The third-order valence-electron chi connectivity index (χ3n) is 2.89. The van der Waals surface area contributed by atoms with Gasteiger partial charge in [-0.2, -0.15) is 0 Å². The highest BCUT2D eigenvalue weighted by Crippen LogP contribution is 2.28. The molecule has 7 nitrogen and oxygen atoms in total. The molecule has 0 amide bonds. The molecule has 0 aliphatic heterocycles. The van der Waals surface area contributed by atoms with Gasteiger partial charge in [0.15, 0.2) is 5.76 Å². The number of para-hydroxylation sites is 1. The molecule has 0 saturated heterocycles. The van der Waals surface area contributed by atoms with E-state index in [4.69, 9.17) is 4.52 Å². The maximum Gasteiger partial charge on any atom is 0.295 e. The molecule has 0 bridgehead atoms. The molecule has 20 heavy (non-hydrogen) atoms. The van der Waals surface area contributed by atoms with E-state index in [1.54, 1.807) is 30.5 Å². The van der Waals surface area contributed by atoms with Crippen molar-refractivity contribution in [3.63, 3.8) is 0 Å². The topological polar surface area (TPSA) is 94.1 Å². The number of nitro groups is 1. The summed E-state index contributed by atoms with van der Waals surface area (Å²) in [6.07, 6.45) is 3.10. The lowest BCUT2D eigenvalue weighted by atomic mass is 10.1. The van der Waals surface area contributed by atoms with Gasteiger partial charge >= 0.3 is 0 Å². The van der Waals surface area contributed by atoms with Crippen LogP contribution in [0, 0.1) is 10.1 Å². The molecule has 0 fully saturated rings. The largest absolute Gasteiger partial charge is 0.377 e. The summed E-state index contributed by atoms with van der Waals surface area (Å²) in [5, 5.41) is 18.5. The van der Waals surface area contributed by atoms with E-state index >= 15 is 0 Å². The first-order chi connectivity index (χ1) is 9.75. The van der Waals surface area contributed by atoms with Crippen molar-refractivity contribution in [1.29, 1.82) is 0 Å². The fraction of sp³-hybridized carbons (Fsp3) is 0.0769. The second-order valence-corrected chi connectivity index (χ2v) is 4.12. The van der Waals surface area contributed by atoms with Crippen molar-refractivity contribution < 1.29 is 9.45 Å². The zero-order valence-electron chi connectivity index (χ0n) is 10.3. The van der Waals surface area contributed by atoms with Crippen LogP contribution in [0.5, 0.6) is 0 Å². The van der Waals surface area contributed by atoms with Crippen LogP contribution >= 0.6 is 0 Å². The molecule has 7 heteroatoms. The van der Waals surface area contributed by atoms with E-state index in [9.17, 15) is 10.1 Å². The number of benzene rings is 1. The molecule has 0 spiro atoms. The van der Waals surface area contributed by atoms with Crippen molar-refractivity contribution in [2.45, 2.75) is 6.54 Å². The Kier molecular flexibility index (Phi) is 3.00. The Hall–Kier alpha value is -2.96. The third kappa shape index (κ3) is 2.16. The number of hydrogen-bond acceptors (Lipinski definition) is 6. The van der Waals surface area contributed by atoms with Crippen LogP contribution in [0.3, 0.4) is 0 Å². The summed E-state index contributed by atoms with van der Waals surface area (Å²) in [5.41, 5.74) is 1.11. The number of nitrogens with zero attached hydrogens (tertiary/aromatic N) is 3. The average molecular weight is 270 g/mol. The van der Waals surface area contributed by atoms with Crippen LogP contribution < -0.4 is 5.32 Å². The first-order valence-electron chi connectivity index (χ1n) is 5.91. The number of nitrogens with one attached hydrogen (secondary N) is 1. The molecule has 0 unspecified atom stereocenters. The van der Waals surface area contributed by atoms with Gasteiger partial charge in [-0.3, -0.25) is 10.1 Å². The molecule has 3 rings (SSSR count). The smallest absolute Gasteiger partial charge is 0.295 e. The van der Waals surface area contributed by atoms with Crippen LogP contribution in [0.2, 0.25) is 0 Å². The van der Waals surface area contributed by atoms with Crippen LogP contribution in [0.4, 0.5) is 11.4 Å². The SMILES string of the molecule is O=[N+]([O-])c1cccc2c(NCc3ccno3)ccnc12. The first kappa shape index (κ1) is 12.1. The molecule has 2 aromatic heterocycles. The summed E-state index contributed by atoms with van der Waals surface area (Å²) in [4.78, 5) is 14.6. The van der Waals surface area contributed by atoms with E-state index in [0.29, 0.717) is 23.2 Å². The summed E-state index contributed by atoms with van der Waals surface area (Å²) in [6.45, 7) is 0.446. The summed E-state index contributed by atoms with van der Waals surface area (Å²) >= 11 is 0. The molecular weight excluding hydrogens is 260 g/mol. The van der Waals surface area contributed by atoms with Gasteiger partial charge in [0.25, 0.3) is 5.69 Å². The minimum atomic E-state index is -0.435. The van der Waals surface area contributed by atoms with E-state index in [2.05, 4.69) is 15.5 Å². The number of hydrogen-bond donors (Lipinski definition) is 1. The molecule has 100 valence electrons. The lowest BCUT2D eigenvalue weighted by molar-refractivity contribution is -0.383. The normalized spacial score (nSPS) is 10.6. The van der Waals surface area contributed by atoms with Gasteiger partial charge in [0, 0.05) is 29.4 Å². The lowest BCUT2D eigenvalue weighted by Gasteiger charge is -2.07. The monoisotopic (exact) mass is 270 g/mol. The van der Waals surface area contributed by atoms with Crippen LogP contribution in [0.25, 0.3) is 10.9 Å². The van der Waals surface area contributed by atoms with Gasteiger partial charge in [0.1, 0.15) is 5.52 Å². The summed E-state index contributed by atoms with van der Waals surface area (Å²) < 4.78 is 4.99. The number of aromatic nitrogens is 2. The third-order valence-corrected chi connectivity index (χ3v) is 2.89. The molecule has 2 heterocycles. The lowest BCUT2D eigenvalue weighted by Crippen LogP contribution is -2.00. The predicted molar refractivity (Wildman–Crippen MR) is 72.2 cm³/mol. The second-order valence-electron chi connectivity index (χ2n) is 4.12. The molecule has 0 aliphatic carbocycles.